The van der Waals surface area contributed by atoms with Crippen LogP contribution in [-0.2, 0) is 0 Å². The van der Waals surface area contributed by atoms with Crippen molar-refractivity contribution in [2.75, 3.05) is 12.3 Å². The Morgan fingerprint density at radius 1 is 1.24 bits per heavy atom. The second-order valence-electron chi connectivity index (χ2n) is 4.59. The van der Waals surface area contributed by atoms with Crippen LogP contribution in [0.15, 0.2) is 33.6 Å². The first-order valence-electron chi connectivity index (χ1n) is 6.46. The zero-order valence-corrected chi connectivity index (χ0v) is 12.5. The summed E-state index contributed by atoms with van der Waals surface area (Å²) in [5.74, 6) is 1.16. The first kappa shape index (κ1) is 13.4. The topological polar surface area (TPSA) is 12.0 Å². The Labute approximate surface area is 117 Å². The third kappa shape index (κ3) is 5.02. The van der Waals surface area contributed by atoms with Gasteiger partial charge in [0.1, 0.15) is 0 Å². The van der Waals surface area contributed by atoms with Crippen molar-refractivity contribution in [3.63, 3.8) is 0 Å². The fourth-order valence-electron chi connectivity index (χ4n) is 2.30. The van der Waals surface area contributed by atoms with E-state index in [0.717, 1.165) is 18.3 Å². The second kappa shape index (κ2) is 7.45. The van der Waals surface area contributed by atoms with Gasteiger partial charge in [-0.1, -0.05) is 41.3 Å². The molecule has 0 amide bonds. The minimum atomic E-state index is 0.784. The molecule has 0 spiro atoms. The van der Waals surface area contributed by atoms with Crippen molar-refractivity contribution in [3.05, 3.63) is 28.7 Å². The van der Waals surface area contributed by atoms with Crippen molar-refractivity contribution < 1.29 is 0 Å². The Kier molecular flexibility index (Phi) is 5.89. The summed E-state index contributed by atoms with van der Waals surface area (Å²) in [6.07, 6.45) is 7.01. The Balaban J connectivity index is 1.62. The zero-order chi connectivity index (χ0) is 11.9. The van der Waals surface area contributed by atoms with Crippen LogP contribution in [0.25, 0.3) is 0 Å². The molecule has 0 atom stereocenters. The molecule has 0 unspecified atom stereocenters. The normalized spacial score (nSPS) is 17.2. The third-order valence-electron chi connectivity index (χ3n) is 3.21. The molecule has 1 fully saturated rings. The minimum Gasteiger partial charge on any atom is -0.313 e. The van der Waals surface area contributed by atoms with E-state index in [1.165, 1.54) is 41.5 Å². The van der Waals surface area contributed by atoms with Crippen molar-refractivity contribution in [1.82, 2.24) is 5.32 Å². The second-order valence-corrected chi connectivity index (χ2v) is 6.68. The molecule has 1 aromatic carbocycles. The van der Waals surface area contributed by atoms with Gasteiger partial charge in [0.25, 0.3) is 0 Å². The lowest BCUT2D eigenvalue weighted by Crippen LogP contribution is -2.32. The fourth-order valence-corrected chi connectivity index (χ4v) is 3.69. The minimum absolute atomic E-state index is 0.784. The SMILES string of the molecule is Brc1cccc(SCCNC2CCCCC2)c1. The number of halogens is 1. The third-order valence-corrected chi connectivity index (χ3v) is 4.69. The van der Waals surface area contributed by atoms with Gasteiger partial charge in [-0.2, -0.15) is 0 Å². The average Bonchev–Trinajstić information content (AvgIpc) is 2.36. The quantitative estimate of drug-likeness (QED) is 0.636. The molecule has 1 aliphatic rings. The summed E-state index contributed by atoms with van der Waals surface area (Å²) in [6.45, 7) is 1.13. The van der Waals surface area contributed by atoms with Crippen LogP contribution in [0.4, 0.5) is 0 Å². The van der Waals surface area contributed by atoms with Crippen LogP contribution in [0.2, 0.25) is 0 Å². The van der Waals surface area contributed by atoms with Crippen molar-refractivity contribution in [3.8, 4) is 0 Å². The summed E-state index contributed by atoms with van der Waals surface area (Å²) in [6, 6.07) is 9.32. The molecule has 17 heavy (non-hydrogen) atoms. The van der Waals surface area contributed by atoms with Gasteiger partial charge in [0.15, 0.2) is 0 Å². The molecule has 1 aliphatic carbocycles. The Morgan fingerprint density at radius 2 is 2.06 bits per heavy atom. The standard InChI is InChI=1S/C14H20BrNS/c15-12-5-4-8-14(11-12)17-10-9-16-13-6-2-1-3-7-13/h4-5,8,11,13,16H,1-3,6-7,9-10H2. The summed E-state index contributed by atoms with van der Waals surface area (Å²) in [5.41, 5.74) is 0. The average molecular weight is 314 g/mol. The molecule has 94 valence electrons. The van der Waals surface area contributed by atoms with Gasteiger partial charge in [0.05, 0.1) is 0 Å². The number of benzene rings is 1. The van der Waals surface area contributed by atoms with E-state index in [2.05, 4.69) is 45.5 Å². The van der Waals surface area contributed by atoms with E-state index in [1.54, 1.807) is 0 Å². The monoisotopic (exact) mass is 313 g/mol. The number of rotatable bonds is 5. The van der Waals surface area contributed by atoms with E-state index in [1.807, 2.05) is 11.8 Å². The van der Waals surface area contributed by atoms with Crippen molar-refractivity contribution >= 4 is 27.7 Å². The van der Waals surface area contributed by atoms with Gasteiger partial charge in [-0.15, -0.1) is 11.8 Å². The molecule has 3 heteroatoms. The van der Waals surface area contributed by atoms with Gasteiger partial charge >= 0.3 is 0 Å². The van der Waals surface area contributed by atoms with Crippen molar-refractivity contribution in [2.45, 2.75) is 43.0 Å². The maximum atomic E-state index is 3.67. The molecular weight excluding hydrogens is 294 g/mol. The summed E-state index contributed by atoms with van der Waals surface area (Å²) in [4.78, 5) is 1.35. The van der Waals surface area contributed by atoms with E-state index in [-0.39, 0.29) is 0 Å². The highest BCUT2D eigenvalue weighted by atomic mass is 79.9. The largest absolute Gasteiger partial charge is 0.313 e. The highest BCUT2D eigenvalue weighted by Gasteiger charge is 2.11. The Hall–Kier alpha value is 0.01000. The lowest BCUT2D eigenvalue weighted by Gasteiger charge is -2.22. The molecule has 1 N–H and O–H groups in total. The van der Waals surface area contributed by atoms with Crippen LogP contribution in [0.1, 0.15) is 32.1 Å². The van der Waals surface area contributed by atoms with Crippen LogP contribution in [0, 0.1) is 0 Å². The molecule has 0 aromatic heterocycles. The van der Waals surface area contributed by atoms with Gasteiger partial charge in [0.2, 0.25) is 0 Å². The Morgan fingerprint density at radius 3 is 2.82 bits per heavy atom. The van der Waals surface area contributed by atoms with Crippen LogP contribution in [-0.4, -0.2) is 18.3 Å². The predicted molar refractivity (Wildman–Crippen MR) is 79.7 cm³/mol. The first-order chi connectivity index (χ1) is 8.34. The molecule has 1 nitrogen and oxygen atoms in total. The van der Waals surface area contributed by atoms with Gasteiger partial charge < -0.3 is 5.32 Å². The van der Waals surface area contributed by atoms with Crippen LogP contribution >= 0.6 is 27.7 Å². The number of hydrogen-bond acceptors (Lipinski definition) is 2. The molecule has 0 radical (unpaired) electrons. The molecule has 0 bridgehead atoms. The lowest BCUT2D eigenvalue weighted by molar-refractivity contribution is 0.381. The Bertz CT molecular complexity index is 337. The maximum Gasteiger partial charge on any atom is 0.0186 e. The van der Waals surface area contributed by atoms with E-state index >= 15 is 0 Å². The number of nitrogens with one attached hydrogen (secondary N) is 1. The fraction of sp³-hybridized carbons (Fsp3) is 0.571. The smallest absolute Gasteiger partial charge is 0.0186 e. The van der Waals surface area contributed by atoms with Crippen LogP contribution in [0.5, 0.6) is 0 Å². The van der Waals surface area contributed by atoms with Crippen LogP contribution < -0.4 is 5.32 Å². The maximum absolute atomic E-state index is 3.67. The van der Waals surface area contributed by atoms with E-state index in [0.29, 0.717) is 0 Å². The van der Waals surface area contributed by atoms with Gasteiger partial charge in [-0.05, 0) is 31.0 Å². The van der Waals surface area contributed by atoms with E-state index < -0.39 is 0 Å². The van der Waals surface area contributed by atoms with Crippen molar-refractivity contribution in [2.24, 2.45) is 0 Å². The highest BCUT2D eigenvalue weighted by molar-refractivity contribution is 9.10. The highest BCUT2D eigenvalue weighted by Crippen LogP contribution is 2.22. The molecule has 2 rings (SSSR count). The summed E-state index contributed by atoms with van der Waals surface area (Å²) < 4.78 is 1.17. The first-order valence-corrected chi connectivity index (χ1v) is 8.24. The summed E-state index contributed by atoms with van der Waals surface area (Å²) >= 11 is 5.44. The summed E-state index contributed by atoms with van der Waals surface area (Å²) in [7, 11) is 0. The molecule has 0 heterocycles. The predicted octanol–water partition coefficient (Wildman–Crippen LogP) is 4.46. The van der Waals surface area contributed by atoms with Gasteiger partial charge in [-0.3, -0.25) is 0 Å². The molecule has 0 saturated heterocycles. The zero-order valence-electron chi connectivity index (χ0n) is 10.1. The molecular formula is C14H20BrNS. The number of thioether (sulfide) groups is 1. The van der Waals surface area contributed by atoms with Crippen LogP contribution in [0.3, 0.4) is 0 Å². The van der Waals surface area contributed by atoms with Crippen molar-refractivity contribution in [1.29, 1.82) is 0 Å². The van der Waals surface area contributed by atoms with Gasteiger partial charge in [-0.25, -0.2) is 0 Å². The number of hydrogen-bond donors (Lipinski definition) is 1. The van der Waals surface area contributed by atoms with Gasteiger partial charge in [0, 0.05) is 27.7 Å². The lowest BCUT2D eigenvalue weighted by atomic mass is 9.96. The molecule has 1 saturated carbocycles. The molecule has 1 aromatic rings. The molecule has 0 aliphatic heterocycles. The van der Waals surface area contributed by atoms with E-state index in [4.69, 9.17) is 0 Å². The summed E-state index contributed by atoms with van der Waals surface area (Å²) in [5, 5.41) is 3.67. The van der Waals surface area contributed by atoms with E-state index in [9.17, 15) is 0 Å².